The van der Waals surface area contributed by atoms with Crippen LogP contribution < -0.4 is 10.5 Å². The van der Waals surface area contributed by atoms with Crippen LogP contribution in [0.25, 0.3) is 11.3 Å². The van der Waals surface area contributed by atoms with Crippen LogP contribution in [-0.2, 0) is 5.54 Å². The van der Waals surface area contributed by atoms with Gasteiger partial charge in [0, 0.05) is 0 Å². The summed E-state index contributed by atoms with van der Waals surface area (Å²) in [4.78, 5) is 7.53. The number of benzene rings is 1. The first-order valence-corrected chi connectivity index (χ1v) is 6.81. The standard InChI is InChI=1S/C15H18FN3O/c1-20-12-6-4-5-10(16)13(12)11-9-18-14(19-11)15(17)7-2-3-8-15/h4-6,9H,2-3,7-8,17H2,1H3,(H,18,19). The van der Waals surface area contributed by atoms with E-state index in [1.807, 2.05) is 0 Å². The van der Waals surface area contributed by atoms with Gasteiger partial charge in [-0.2, -0.15) is 0 Å². The van der Waals surface area contributed by atoms with Gasteiger partial charge >= 0.3 is 0 Å². The van der Waals surface area contributed by atoms with Gasteiger partial charge in [0.1, 0.15) is 17.4 Å². The van der Waals surface area contributed by atoms with Crippen LogP contribution in [0.4, 0.5) is 4.39 Å². The van der Waals surface area contributed by atoms with Crippen molar-refractivity contribution < 1.29 is 9.13 Å². The molecule has 0 atom stereocenters. The first kappa shape index (κ1) is 13.1. The second kappa shape index (κ2) is 4.90. The van der Waals surface area contributed by atoms with E-state index in [1.54, 1.807) is 18.3 Å². The number of nitrogens with one attached hydrogen (secondary N) is 1. The minimum atomic E-state index is -0.406. The number of ether oxygens (including phenoxy) is 1. The van der Waals surface area contributed by atoms with Gasteiger partial charge in [-0.3, -0.25) is 0 Å². The van der Waals surface area contributed by atoms with E-state index in [4.69, 9.17) is 10.5 Å². The maximum atomic E-state index is 14.0. The van der Waals surface area contributed by atoms with Crippen molar-refractivity contribution in [3.63, 3.8) is 0 Å². The van der Waals surface area contributed by atoms with Gasteiger partial charge in [-0.15, -0.1) is 0 Å². The molecular weight excluding hydrogens is 257 g/mol. The zero-order valence-electron chi connectivity index (χ0n) is 11.4. The summed E-state index contributed by atoms with van der Waals surface area (Å²) in [5.74, 6) is 0.880. The van der Waals surface area contributed by atoms with Gasteiger partial charge in [-0.1, -0.05) is 18.9 Å². The molecule has 5 heteroatoms. The molecule has 2 aromatic rings. The Hall–Kier alpha value is -1.88. The topological polar surface area (TPSA) is 63.9 Å². The number of hydrogen-bond acceptors (Lipinski definition) is 3. The second-order valence-corrected chi connectivity index (χ2v) is 5.33. The molecule has 0 amide bonds. The molecule has 106 valence electrons. The zero-order valence-corrected chi connectivity index (χ0v) is 11.4. The van der Waals surface area contributed by atoms with Gasteiger partial charge in [0.15, 0.2) is 0 Å². The first-order chi connectivity index (χ1) is 9.64. The molecule has 1 aliphatic rings. The fourth-order valence-corrected chi connectivity index (χ4v) is 2.88. The number of nitrogens with two attached hydrogens (primary N) is 1. The van der Waals surface area contributed by atoms with Crippen molar-refractivity contribution >= 4 is 0 Å². The Morgan fingerprint density at radius 1 is 1.35 bits per heavy atom. The fourth-order valence-electron chi connectivity index (χ4n) is 2.88. The molecule has 1 heterocycles. The largest absolute Gasteiger partial charge is 0.496 e. The average Bonchev–Trinajstić information content (AvgIpc) is 3.08. The van der Waals surface area contributed by atoms with E-state index in [-0.39, 0.29) is 5.82 Å². The molecule has 0 unspecified atom stereocenters. The fraction of sp³-hybridized carbons (Fsp3) is 0.400. The number of nitrogens with zero attached hydrogens (tertiary/aromatic N) is 1. The van der Waals surface area contributed by atoms with E-state index in [1.165, 1.54) is 13.2 Å². The van der Waals surface area contributed by atoms with Crippen LogP contribution in [0.5, 0.6) is 5.75 Å². The van der Waals surface area contributed by atoms with Crippen molar-refractivity contribution in [2.24, 2.45) is 5.73 Å². The number of H-pyrrole nitrogens is 1. The van der Waals surface area contributed by atoms with Crippen molar-refractivity contribution in [3.05, 3.63) is 36.0 Å². The molecule has 0 saturated heterocycles. The summed E-state index contributed by atoms with van der Waals surface area (Å²) in [6.07, 6.45) is 5.66. The second-order valence-electron chi connectivity index (χ2n) is 5.33. The highest BCUT2D eigenvalue weighted by Crippen LogP contribution is 2.37. The van der Waals surface area contributed by atoms with Crippen molar-refractivity contribution in [2.75, 3.05) is 7.11 Å². The highest BCUT2D eigenvalue weighted by Gasteiger charge is 2.34. The monoisotopic (exact) mass is 275 g/mol. The predicted molar refractivity (Wildman–Crippen MR) is 74.9 cm³/mol. The summed E-state index contributed by atoms with van der Waals surface area (Å²) in [5, 5.41) is 0. The number of halogens is 1. The maximum absolute atomic E-state index is 14.0. The van der Waals surface area contributed by atoms with Crippen LogP contribution in [0, 0.1) is 5.82 Å². The first-order valence-electron chi connectivity index (χ1n) is 6.81. The molecule has 1 aromatic heterocycles. The van der Waals surface area contributed by atoms with Gasteiger partial charge in [0.2, 0.25) is 0 Å². The Kier molecular flexibility index (Phi) is 3.22. The zero-order chi connectivity index (χ0) is 14.2. The molecular formula is C15H18FN3O. The van der Waals surface area contributed by atoms with Crippen molar-refractivity contribution in [1.82, 2.24) is 9.97 Å². The van der Waals surface area contributed by atoms with E-state index in [0.29, 0.717) is 17.0 Å². The summed E-state index contributed by atoms with van der Waals surface area (Å²) in [6.45, 7) is 0. The van der Waals surface area contributed by atoms with Crippen LogP contribution in [-0.4, -0.2) is 17.1 Å². The Morgan fingerprint density at radius 2 is 2.10 bits per heavy atom. The summed E-state index contributed by atoms with van der Waals surface area (Å²) in [6, 6.07) is 4.76. The van der Waals surface area contributed by atoms with Gasteiger partial charge in [0.05, 0.1) is 30.1 Å². The summed E-state index contributed by atoms with van der Waals surface area (Å²) in [5.41, 5.74) is 6.96. The average molecular weight is 275 g/mol. The van der Waals surface area contributed by atoms with Gasteiger partial charge in [-0.25, -0.2) is 9.37 Å². The lowest BCUT2D eigenvalue weighted by Gasteiger charge is -2.20. The number of rotatable bonds is 3. The third-order valence-corrected chi connectivity index (χ3v) is 4.01. The molecule has 1 saturated carbocycles. The molecule has 3 rings (SSSR count). The Morgan fingerprint density at radius 3 is 2.80 bits per heavy atom. The number of methoxy groups -OCH3 is 1. The van der Waals surface area contributed by atoms with E-state index in [2.05, 4.69) is 9.97 Å². The van der Waals surface area contributed by atoms with Gasteiger partial charge in [0.25, 0.3) is 0 Å². The van der Waals surface area contributed by atoms with Crippen LogP contribution >= 0.6 is 0 Å². The molecule has 20 heavy (non-hydrogen) atoms. The number of aromatic nitrogens is 2. The molecule has 0 aliphatic heterocycles. The Balaban J connectivity index is 2.02. The normalized spacial score (nSPS) is 17.4. The molecule has 4 nitrogen and oxygen atoms in total. The maximum Gasteiger partial charge on any atom is 0.136 e. The highest BCUT2D eigenvalue weighted by atomic mass is 19.1. The summed E-state index contributed by atoms with van der Waals surface area (Å²) < 4.78 is 19.3. The van der Waals surface area contributed by atoms with Gasteiger partial charge in [-0.05, 0) is 25.0 Å². The smallest absolute Gasteiger partial charge is 0.136 e. The minimum absolute atomic E-state index is 0.336. The SMILES string of the molecule is COc1cccc(F)c1-c1cnc(C2(N)CCCC2)[nH]1. The van der Waals surface area contributed by atoms with Crippen LogP contribution in [0.15, 0.2) is 24.4 Å². The van der Waals surface area contributed by atoms with Crippen LogP contribution in [0.1, 0.15) is 31.5 Å². The number of imidazole rings is 1. The predicted octanol–water partition coefficient (Wildman–Crippen LogP) is 2.95. The van der Waals surface area contributed by atoms with Gasteiger partial charge < -0.3 is 15.5 Å². The summed E-state index contributed by atoms with van der Waals surface area (Å²) >= 11 is 0. The molecule has 1 aromatic carbocycles. The number of aromatic amines is 1. The molecule has 0 spiro atoms. The Labute approximate surface area is 117 Å². The van der Waals surface area contributed by atoms with Crippen molar-refractivity contribution in [1.29, 1.82) is 0 Å². The molecule has 1 fully saturated rings. The van der Waals surface area contributed by atoms with E-state index in [0.717, 1.165) is 31.5 Å². The molecule has 0 bridgehead atoms. The van der Waals surface area contributed by atoms with E-state index < -0.39 is 5.54 Å². The summed E-state index contributed by atoms with van der Waals surface area (Å²) in [7, 11) is 1.52. The van der Waals surface area contributed by atoms with Crippen molar-refractivity contribution in [3.8, 4) is 17.0 Å². The lowest BCUT2D eigenvalue weighted by Crippen LogP contribution is -2.34. The van der Waals surface area contributed by atoms with Crippen molar-refractivity contribution in [2.45, 2.75) is 31.2 Å². The lowest BCUT2D eigenvalue weighted by atomic mass is 9.98. The third-order valence-electron chi connectivity index (χ3n) is 4.01. The molecule has 0 radical (unpaired) electrons. The lowest BCUT2D eigenvalue weighted by molar-refractivity contribution is 0.413. The van der Waals surface area contributed by atoms with E-state index in [9.17, 15) is 4.39 Å². The highest BCUT2D eigenvalue weighted by molar-refractivity contribution is 5.67. The minimum Gasteiger partial charge on any atom is -0.496 e. The quantitative estimate of drug-likeness (QED) is 0.905. The third kappa shape index (κ3) is 2.08. The Bertz CT molecular complexity index is 617. The number of hydrogen-bond donors (Lipinski definition) is 2. The van der Waals surface area contributed by atoms with Crippen LogP contribution in [0.2, 0.25) is 0 Å². The van der Waals surface area contributed by atoms with E-state index >= 15 is 0 Å². The molecule has 1 aliphatic carbocycles. The molecule has 3 N–H and O–H groups in total. The van der Waals surface area contributed by atoms with Crippen LogP contribution in [0.3, 0.4) is 0 Å².